The molecule has 2 rings (SSSR count). The van der Waals surface area contributed by atoms with Crippen molar-refractivity contribution < 1.29 is 4.21 Å². The van der Waals surface area contributed by atoms with E-state index < -0.39 is 10.8 Å². The molecule has 1 aromatic heterocycles. The number of aryl methyl sites for hydroxylation is 1. The minimum Gasteiger partial charge on any atom is -0.332 e. The number of aromatic nitrogens is 2. The molecule has 0 saturated heterocycles. The number of benzene rings is 1. The Balaban J connectivity index is 2.13. The van der Waals surface area contributed by atoms with E-state index in [1.165, 1.54) is 0 Å². The first kappa shape index (κ1) is 14.0. The number of hydrogen-bond acceptors (Lipinski definition) is 3. The van der Waals surface area contributed by atoms with E-state index in [9.17, 15) is 4.21 Å². The predicted octanol–water partition coefficient (Wildman–Crippen LogP) is 1.70. The number of hydrogen-bond donors (Lipinski definition) is 1. The van der Waals surface area contributed by atoms with Gasteiger partial charge < -0.3 is 10.3 Å². The molecule has 4 nitrogen and oxygen atoms in total. The minimum atomic E-state index is -0.767. The van der Waals surface area contributed by atoms with Gasteiger partial charge in [0.05, 0.1) is 24.3 Å². The van der Waals surface area contributed by atoms with Crippen LogP contribution in [0.2, 0.25) is 0 Å². The Labute approximate surface area is 116 Å². The molecule has 0 saturated carbocycles. The first-order valence-electron chi connectivity index (χ1n) is 6.38. The van der Waals surface area contributed by atoms with Crippen LogP contribution in [-0.2, 0) is 17.3 Å². The van der Waals surface area contributed by atoms with Crippen molar-refractivity contribution in [1.82, 2.24) is 9.55 Å². The summed E-state index contributed by atoms with van der Waals surface area (Å²) >= 11 is 0. The van der Waals surface area contributed by atoms with Gasteiger partial charge in [-0.2, -0.15) is 0 Å². The minimum absolute atomic E-state index is 0.196. The summed E-state index contributed by atoms with van der Waals surface area (Å²) in [6.45, 7) is 2.62. The van der Waals surface area contributed by atoms with E-state index in [2.05, 4.69) is 4.98 Å². The summed E-state index contributed by atoms with van der Waals surface area (Å²) in [6.07, 6.45) is 3.54. The fraction of sp³-hybridized carbons (Fsp3) is 0.357. The van der Waals surface area contributed by atoms with Crippen LogP contribution in [0.15, 0.2) is 42.9 Å². The highest BCUT2D eigenvalue weighted by Crippen LogP contribution is 2.18. The van der Waals surface area contributed by atoms with Crippen molar-refractivity contribution in [3.63, 3.8) is 0 Å². The number of nitrogens with two attached hydrogens (primary N) is 1. The first-order chi connectivity index (χ1) is 9.22. The van der Waals surface area contributed by atoms with Crippen molar-refractivity contribution in [2.24, 2.45) is 5.73 Å². The summed E-state index contributed by atoms with van der Waals surface area (Å²) < 4.78 is 13.5. The van der Waals surface area contributed by atoms with Crippen LogP contribution in [0, 0.1) is 0 Å². The molecule has 0 aliphatic rings. The lowest BCUT2D eigenvalue weighted by molar-refractivity contribution is 0.656. The molecule has 2 aromatic rings. The predicted molar refractivity (Wildman–Crippen MR) is 78.2 cm³/mol. The van der Waals surface area contributed by atoms with Gasteiger partial charge in [-0.3, -0.25) is 4.21 Å². The average molecular weight is 277 g/mol. The monoisotopic (exact) mass is 277 g/mol. The lowest BCUT2D eigenvalue weighted by Gasteiger charge is -2.14. The molecule has 0 radical (unpaired) electrons. The van der Waals surface area contributed by atoms with Gasteiger partial charge in [-0.1, -0.05) is 37.3 Å². The zero-order chi connectivity index (χ0) is 13.7. The van der Waals surface area contributed by atoms with E-state index >= 15 is 0 Å². The Kier molecular flexibility index (Phi) is 4.87. The van der Waals surface area contributed by atoms with E-state index in [0.29, 0.717) is 18.1 Å². The largest absolute Gasteiger partial charge is 0.332 e. The van der Waals surface area contributed by atoms with Gasteiger partial charge in [0.1, 0.15) is 0 Å². The van der Waals surface area contributed by atoms with Gasteiger partial charge in [0.2, 0.25) is 0 Å². The highest BCUT2D eigenvalue weighted by atomic mass is 32.2. The van der Waals surface area contributed by atoms with Gasteiger partial charge in [0, 0.05) is 28.9 Å². The maximum Gasteiger partial charge on any atom is 0.0949 e. The number of rotatable bonds is 6. The lowest BCUT2D eigenvalue weighted by Crippen LogP contribution is -2.18. The number of nitrogens with zero attached hydrogens (tertiary/aromatic N) is 2. The first-order valence-corrected chi connectivity index (χ1v) is 7.86. The maximum atomic E-state index is 11.5. The number of imidazole rings is 1. The van der Waals surface area contributed by atoms with Crippen LogP contribution >= 0.6 is 0 Å². The summed E-state index contributed by atoms with van der Waals surface area (Å²) in [6, 6.07) is 9.74. The molecule has 0 amide bonds. The summed E-state index contributed by atoms with van der Waals surface area (Å²) in [5, 5.41) is 0. The molecule has 102 valence electrons. The van der Waals surface area contributed by atoms with Gasteiger partial charge >= 0.3 is 0 Å². The van der Waals surface area contributed by atoms with Crippen LogP contribution in [-0.4, -0.2) is 25.3 Å². The summed E-state index contributed by atoms with van der Waals surface area (Å²) in [5.74, 6) is 1.33. The van der Waals surface area contributed by atoms with Crippen LogP contribution in [0.5, 0.6) is 0 Å². The molecule has 0 aliphatic heterocycles. The summed E-state index contributed by atoms with van der Waals surface area (Å²) in [5.41, 5.74) is 8.28. The van der Waals surface area contributed by atoms with Crippen molar-refractivity contribution in [3.05, 3.63) is 54.1 Å². The molecule has 0 bridgehead atoms. The Morgan fingerprint density at radius 2 is 2.11 bits per heavy atom. The molecule has 1 heterocycles. The smallest absolute Gasteiger partial charge is 0.0949 e. The van der Waals surface area contributed by atoms with Crippen molar-refractivity contribution in [2.75, 3.05) is 11.5 Å². The Hall–Kier alpha value is -1.46. The fourth-order valence-electron chi connectivity index (χ4n) is 1.95. The Morgan fingerprint density at radius 1 is 1.37 bits per heavy atom. The molecule has 1 aromatic carbocycles. The highest BCUT2D eigenvalue weighted by molar-refractivity contribution is 7.84. The lowest BCUT2D eigenvalue weighted by atomic mass is 10.1. The molecular weight excluding hydrogens is 258 g/mol. The van der Waals surface area contributed by atoms with E-state index in [1.54, 1.807) is 12.5 Å². The van der Waals surface area contributed by atoms with Crippen LogP contribution in [0.25, 0.3) is 0 Å². The maximum absolute atomic E-state index is 11.5. The molecule has 0 fully saturated rings. The molecule has 19 heavy (non-hydrogen) atoms. The molecular formula is C14H19N3OS. The van der Waals surface area contributed by atoms with Crippen molar-refractivity contribution in [2.45, 2.75) is 19.5 Å². The second-order valence-electron chi connectivity index (χ2n) is 4.33. The molecule has 5 heteroatoms. The zero-order valence-electron chi connectivity index (χ0n) is 11.0. The summed E-state index contributed by atoms with van der Waals surface area (Å²) in [4.78, 5) is 4.16. The fourth-order valence-corrected chi connectivity index (χ4v) is 2.64. The topological polar surface area (TPSA) is 60.9 Å². The third-order valence-corrected chi connectivity index (χ3v) is 4.39. The Morgan fingerprint density at radius 3 is 2.79 bits per heavy atom. The SMILES string of the molecule is CCS(=O)CCn1cncc1C(N)c1ccccc1. The van der Waals surface area contributed by atoms with Crippen LogP contribution in [0.1, 0.15) is 24.2 Å². The second-order valence-corrected chi connectivity index (χ2v) is 6.20. The van der Waals surface area contributed by atoms with E-state index in [4.69, 9.17) is 5.73 Å². The van der Waals surface area contributed by atoms with Gasteiger partial charge in [0.15, 0.2) is 0 Å². The zero-order valence-corrected chi connectivity index (χ0v) is 11.8. The quantitative estimate of drug-likeness (QED) is 0.874. The van der Waals surface area contributed by atoms with Crippen LogP contribution < -0.4 is 5.73 Å². The molecule has 2 N–H and O–H groups in total. The molecule has 2 unspecified atom stereocenters. The van der Waals surface area contributed by atoms with E-state index in [0.717, 1.165) is 11.3 Å². The molecule has 0 aliphatic carbocycles. The van der Waals surface area contributed by atoms with Crippen molar-refractivity contribution >= 4 is 10.8 Å². The summed E-state index contributed by atoms with van der Waals surface area (Å²) in [7, 11) is -0.767. The molecule has 0 spiro atoms. The van der Waals surface area contributed by atoms with Gasteiger partial charge in [-0.25, -0.2) is 4.98 Å². The van der Waals surface area contributed by atoms with Crippen LogP contribution in [0.4, 0.5) is 0 Å². The third-order valence-electron chi connectivity index (χ3n) is 3.10. The molecule has 2 atom stereocenters. The second kappa shape index (κ2) is 6.63. The van der Waals surface area contributed by atoms with Gasteiger partial charge in [-0.05, 0) is 5.56 Å². The van der Waals surface area contributed by atoms with Crippen molar-refractivity contribution in [1.29, 1.82) is 0 Å². The van der Waals surface area contributed by atoms with Crippen LogP contribution in [0.3, 0.4) is 0 Å². The van der Waals surface area contributed by atoms with E-state index in [-0.39, 0.29) is 6.04 Å². The normalized spacial score (nSPS) is 14.2. The third kappa shape index (κ3) is 3.52. The van der Waals surface area contributed by atoms with E-state index in [1.807, 2.05) is 41.8 Å². The Bertz CT molecular complexity index is 539. The average Bonchev–Trinajstić information content (AvgIpc) is 2.93. The standard InChI is InChI=1S/C14H19N3OS/c1-2-19(18)9-8-17-11-16-10-13(17)14(15)12-6-4-3-5-7-12/h3-7,10-11,14H,2,8-9,15H2,1H3. The highest BCUT2D eigenvalue weighted by Gasteiger charge is 2.13. The van der Waals surface area contributed by atoms with Gasteiger partial charge in [0.25, 0.3) is 0 Å². The van der Waals surface area contributed by atoms with Gasteiger partial charge in [-0.15, -0.1) is 0 Å². The van der Waals surface area contributed by atoms with Crippen molar-refractivity contribution in [3.8, 4) is 0 Å².